The largest absolute Gasteiger partial charge is 0.370 e. The van der Waals surface area contributed by atoms with E-state index in [1.807, 2.05) is 0 Å². The van der Waals surface area contributed by atoms with Gasteiger partial charge in [-0.25, -0.2) is 8.78 Å². The van der Waals surface area contributed by atoms with Crippen LogP contribution in [0, 0.1) is 17.0 Å². The van der Waals surface area contributed by atoms with Gasteiger partial charge in [-0.3, -0.25) is 4.79 Å². The molecule has 1 saturated carbocycles. The van der Waals surface area contributed by atoms with Crippen LogP contribution in [-0.2, 0) is 4.74 Å². The number of methoxy groups -OCH3 is 1. The van der Waals surface area contributed by atoms with Gasteiger partial charge in [0.1, 0.15) is 5.60 Å². The summed E-state index contributed by atoms with van der Waals surface area (Å²) in [5.74, 6) is -2.54. The Labute approximate surface area is 118 Å². The molecule has 1 aliphatic carbocycles. The Kier molecular flexibility index (Phi) is 3.96. The van der Waals surface area contributed by atoms with E-state index in [-0.39, 0.29) is 11.0 Å². The first-order valence-corrected chi connectivity index (χ1v) is 6.85. The molecular weight excluding hydrogens is 262 g/mol. The van der Waals surface area contributed by atoms with Gasteiger partial charge in [-0.05, 0) is 43.2 Å². The van der Waals surface area contributed by atoms with Crippen LogP contribution in [-0.4, -0.2) is 18.5 Å². The molecule has 1 aliphatic rings. The van der Waals surface area contributed by atoms with E-state index in [0.29, 0.717) is 12.8 Å². The standard InChI is InChI=1S/C16H20F2O2/c1-15(2)7-9-16(20-3,10-8-15)14(19)11-5-4-6-12(17)13(11)18/h4-6H,7-10H2,1-3H3. The third kappa shape index (κ3) is 2.62. The summed E-state index contributed by atoms with van der Waals surface area (Å²) in [5.41, 5.74) is -1.08. The molecule has 0 atom stereocenters. The second-order valence-corrected chi connectivity index (χ2v) is 6.29. The Hall–Kier alpha value is -1.29. The molecule has 0 aliphatic heterocycles. The van der Waals surface area contributed by atoms with Crippen LogP contribution < -0.4 is 0 Å². The number of hydrogen-bond donors (Lipinski definition) is 0. The number of rotatable bonds is 3. The molecule has 0 radical (unpaired) electrons. The molecule has 1 aromatic rings. The summed E-state index contributed by atoms with van der Waals surface area (Å²) in [5, 5.41) is 0. The lowest BCUT2D eigenvalue weighted by Crippen LogP contribution is -2.46. The van der Waals surface area contributed by atoms with Crippen LogP contribution >= 0.6 is 0 Å². The second-order valence-electron chi connectivity index (χ2n) is 6.29. The number of carbonyl (C=O) groups excluding carboxylic acids is 1. The topological polar surface area (TPSA) is 26.3 Å². The number of halogens is 2. The van der Waals surface area contributed by atoms with Crippen LogP contribution in [0.1, 0.15) is 49.9 Å². The van der Waals surface area contributed by atoms with Gasteiger partial charge in [-0.2, -0.15) is 0 Å². The summed E-state index contributed by atoms with van der Waals surface area (Å²) in [6.07, 6.45) is 2.71. The van der Waals surface area contributed by atoms with Crippen molar-refractivity contribution in [2.45, 2.75) is 45.1 Å². The Morgan fingerprint density at radius 2 is 1.75 bits per heavy atom. The molecule has 110 valence electrons. The molecule has 0 saturated heterocycles. The van der Waals surface area contributed by atoms with E-state index >= 15 is 0 Å². The van der Waals surface area contributed by atoms with E-state index in [4.69, 9.17) is 4.74 Å². The fourth-order valence-corrected chi connectivity index (χ4v) is 2.78. The summed E-state index contributed by atoms with van der Waals surface area (Å²) >= 11 is 0. The number of ketones is 1. The van der Waals surface area contributed by atoms with Gasteiger partial charge in [0.2, 0.25) is 0 Å². The zero-order valence-corrected chi connectivity index (χ0v) is 12.1. The first kappa shape index (κ1) is 15.1. The summed E-state index contributed by atoms with van der Waals surface area (Å²) in [6, 6.07) is 3.68. The van der Waals surface area contributed by atoms with Gasteiger partial charge in [0.25, 0.3) is 0 Å². The van der Waals surface area contributed by atoms with Crippen molar-refractivity contribution >= 4 is 5.78 Å². The molecule has 2 nitrogen and oxygen atoms in total. The maximum Gasteiger partial charge on any atom is 0.197 e. The highest BCUT2D eigenvalue weighted by Crippen LogP contribution is 2.43. The zero-order valence-electron chi connectivity index (χ0n) is 12.1. The molecule has 4 heteroatoms. The van der Waals surface area contributed by atoms with E-state index in [2.05, 4.69) is 13.8 Å². The summed E-state index contributed by atoms with van der Waals surface area (Å²) in [4.78, 5) is 12.6. The molecule has 20 heavy (non-hydrogen) atoms. The fraction of sp³-hybridized carbons (Fsp3) is 0.562. The summed E-state index contributed by atoms with van der Waals surface area (Å²) in [6.45, 7) is 4.28. The molecule has 0 unspecified atom stereocenters. The number of Topliss-reactive ketones (excluding diaryl/α,β-unsaturated/α-hetero) is 1. The van der Waals surface area contributed by atoms with Crippen molar-refractivity contribution in [2.75, 3.05) is 7.11 Å². The van der Waals surface area contributed by atoms with Gasteiger partial charge in [0, 0.05) is 7.11 Å². The minimum absolute atomic E-state index is 0.156. The number of ether oxygens (including phenoxy) is 1. The number of benzene rings is 1. The van der Waals surface area contributed by atoms with E-state index in [1.54, 1.807) is 0 Å². The lowest BCUT2D eigenvalue weighted by molar-refractivity contribution is -0.0385. The second kappa shape index (κ2) is 5.24. The number of hydrogen-bond acceptors (Lipinski definition) is 2. The third-order valence-electron chi connectivity index (χ3n) is 4.41. The van der Waals surface area contributed by atoms with E-state index in [9.17, 15) is 13.6 Å². The molecule has 0 bridgehead atoms. The van der Waals surface area contributed by atoms with Gasteiger partial charge in [0.15, 0.2) is 17.4 Å². The molecule has 2 rings (SSSR count). The highest BCUT2D eigenvalue weighted by atomic mass is 19.2. The van der Waals surface area contributed by atoms with Crippen molar-refractivity contribution in [1.29, 1.82) is 0 Å². The highest BCUT2D eigenvalue weighted by molar-refractivity contribution is 6.02. The lowest BCUT2D eigenvalue weighted by atomic mass is 9.68. The average Bonchev–Trinajstić information content (AvgIpc) is 2.42. The molecule has 1 fully saturated rings. The van der Waals surface area contributed by atoms with E-state index < -0.39 is 23.0 Å². The minimum Gasteiger partial charge on any atom is -0.370 e. The van der Waals surface area contributed by atoms with Gasteiger partial charge < -0.3 is 4.74 Å². The van der Waals surface area contributed by atoms with Gasteiger partial charge in [-0.15, -0.1) is 0 Å². The fourth-order valence-electron chi connectivity index (χ4n) is 2.78. The van der Waals surface area contributed by atoms with Crippen LogP contribution in [0.25, 0.3) is 0 Å². The molecule has 0 spiro atoms. The summed E-state index contributed by atoms with van der Waals surface area (Å²) in [7, 11) is 1.47. The Bertz CT molecular complexity index is 513. The van der Waals surface area contributed by atoms with Crippen LogP contribution in [0.4, 0.5) is 8.78 Å². The first-order chi connectivity index (χ1) is 9.31. The number of carbonyl (C=O) groups is 1. The monoisotopic (exact) mass is 282 g/mol. The quantitative estimate of drug-likeness (QED) is 0.779. The maximum atomic E-state index is 13.8. The van der Waals surface area contributed by atoms with Crippen LogP contribution in [0.3, 0.4) is 0 Å². The lowest BCUT2D eigenvalue weighted by Gasteiger charge is -2.41. The van der Waals surface area contributed by atoms with Crippen LogP contribution in [0.15, 0.2) is 18.2 Å². The predicted octanol–water partition coefficient (Wildman–Crippen LogP) is 4.13. The smallest absolute Gasteiger partial charge is 0.197 e. The Morgan fingerprint density at radius 3 is 2.30 bits per heavy atom. The molecule has 0 amide bonds. The van der Waals surface area contributed by atoms with Crippen LogP contribution in [0.5, 0.6) is 0 Å². The Morgan fingerprint density at radius 1 is 1.15 bits per heavy atom. The molecule has 0 heterocycles. The SMILES string of the molecule is COC1(C(=O)c2cccc(F)c2F)CCC(C)(C)CC1. The summed E-state index contributed by atoms with van der Waals surface area (Å²) < 4.78 is 32.5. The van der Waals surface area contributed by atoms with Crippen molar-refractivity contribution in [2.24, 2.45) is 5.41 Å². The zero-order chi connectivity index (χ0) is 15.0. The van der Waals surface area contributed by atoms with Gasteiger partial charge >= 0.3 is 0 Å². The van der Waals surface area contributed by atoms with Crippen molar-refractivity contribution < 1.29 is 18.3 Å². The van der Waals surface area contributed by atoms with Crippen molar-refractivity contribution in [3.8, 4) is 0 Å². The van der Waals surface area contributed by atoms with E-state index in [0.717, 1.165) is 18.9 Å². The van der Waals surface area contributed by atoms with Crippen molar-refractivity contribution in [3.05, 3.63) is 35.4 Å². The molecule has 1 aromatic carbocycles. The third-order valence-corrected chi connectivity index (χ3v) is 4.41. The van der Waals surface area contributed by atoms with Crippen molar-refractivity contribution in [1.82, 2.24) is 0 Å². The first-order valence-electron chi connectivity index (χ1n) is 6.85. The van der Waals surface area contributed by atoms with Crippen LogP contribution in [0.2, 0.25) is 0 Å². The van der Waals surface area contributed by atoms with Gasteiger partial charge in [0.05, 0.1) is 5.56 Å². The van der Waals surface area contributed by atoms with E-state index in [1.165, 1.54) is 19.2 Å². The average molecular weight is 282 g/mol. The maximum absolute atomic E-state index is 13.8. The normalized spacial score (nSPS) is 20.6. The van der Waals surface area contributed by atoms with Crippen molar-refractivity contribution in [3.63, 3.8) is 0 Å². The predicted molar refractivity (Wildman–Crippen MR) is 72.7 cm³/mol. The molecule has 0 N–H and O–H groups in total. The van der Waals surface area contributed by atoms with Gasteiger partial charge in [-0.1, -0.05) is 19.9 Å². The minimum atomic E-state index is -1.08. The highest BCUT2D eigenvalue weighted by Gasteiger charge is 2.45. The molecular formula is C16H20F2O2. The molecule has 0 aromatic heterocycles. The Balaban J connectivity index is 2.33.